The van der Waals surface area contributed by atoms with Crippen molar-refractivity contribution in [3.05, 3.63) is 65.5 Å². The molecular weight excluding hydrogens is 516 g/mol. The molecule has 7 nitrogen and oxygen atoms in total. The Morgan fingerprint density at radius 2 is 1.25 bits per heavy atom. The molecule has 4 aliphatic heterocycles. The molecule has 0 atom stereocenters. The maximum absolute atomic E-state index is 16.0. The Bertz CT molecular complexity index is 1560. The van der Waals surface area contributed by atoms with Crippen molar-refractivity contribution in [2.24, 2.45) is 0 Å². The van der Waals surface area contributed by atoms with Gasteiger partial charge in [0.15, 0.2) is 13.1 Å². The molecule has 7 rings (SSSR count). The summed E-state index contributed by atoms with van der Waals surface area (Å²) in [7, 11) is 0. The smallest absolute Gasteiger partial charge is 0.203 e. The van der Waals surface area contributed by atoms with Crippen LogP contribution < -0.4 is 19.7 Å². The number of morpholine rings is 3. The second-order valence-electron chi connectivity index (χ2n) is 10.4. The fraction of sp³-hybridized carbons (Fsp3) is 0.387. The van der Waals surface area contributed by atoms with Gasteiger partial charge in [-0.05, 0) is 30.3 Å². The van der Waals surface area contributed by atoms with Gasteiger partial charge < -0.3 is 28.4 Å². The second kappa shape index (κ2) is 10.8. The van der Waals surface area contributed by atoms with E-state index in [1.54, 1.807) is 0 Å². The molecule has 4 heterocycles. The van der Waals surface area contributed by atoms with Crippen molar-refractivity contribution in [3.63, 3.8) is 0 Å². The summed E-state index contributed by atoms with van der Waals surface area (Å²) in [6.07, 6.45) is 0. The lowest BCUT2D eigenvalue weighted by molar-refractivity contribution is 0.0965. The third kappa shape index (κ3) is 4.72. The van der Waals surface area contributed by atoms with Crippen molar-refractivity contribution in [3.8, 4) is 22.5 Å². The minimum atomic E-state index is -0.593. The zero-order chi connectivity index (χ0) is 27.1. The molecular formula is C31H32F2N3O4+. The summed E-state index contributed by atoms with van der Waals surface area (Å²) >= 11 is 0. The first kappa shape index (κ1) is 25.4. The molecule has 3 saturated heterocycles. The normalized spacial score (nSPS) is 18.6. The van der Waals surface area contributed by atoms with Gasteiger partial charge in [-0.25, -0.2) is 13.4 Å². The van der Waals surface area contributed by atoms with Crippen molar-refractivity contribution in [2.75, 3.05) is 88.7 Å². The molecule has 0 saturated carbocycles. The highest BCUT2D eigenvalue weighted by Crippen LogP contribution is 2.43. The van der Waals surface area contributed by atoms with Crippen LogP contribution in [0.1, 0.15) is 0 Å². The van der Waals surface area contributed by atoms with E-state index in [0.717, 1.165) is 37.2 Å². The molecule has 40 heavy (non-hydrogen) atoms. The van der Waals surface area contributed by atoms with Crippen molar-refractivity contribution >= 4 is 22.3 Å². The number of nitrogens with zero attached hydrogens (tertiary/aromatic N) is 3. The highest BCUT2D eigenvalue weighted by atomic mass is 19.1. The van der Waals surface area contributed by atoms with Crippen LogP contribution in [0.2, 0.25) is 0 Å². The van der Waals surface area contributed by atoms with E-state index in [1.165, 1.54) is 12.1 Å². The fourth-order valence-corrected chi connectivity index (χ4v) is 5.98. The molecule has 3 fully saturated rings. The summed E-state index contributed by atoms with van der Waals surface area (Å²) in [4.78, 5) is 4.20. The van der Waals surface area contributed by atoms with Gasteiger partial charge in [0.1, 0.15) is 36.2 Å². The number of halogens is 2. The van der Waals surface area contributed by atoms with Gasteiger partial charge in [0.2, 0.25) is 5.36 Å². The molecule has 0 N–H and O–H groups in total. The van der Waals surface area contributed by atoms with Crippen LogP contribution in [0, 0.1) is 11.6 Å². The molecule has 1 aliphatic carbocycles. The van der Waals surface area contributed by atoms with E-state index in [1.807, 2.05) is 41.3 Å². The van der Waals surface area contributed by atoms with Crippen LogP contribution in [-0.2, 0) is 14.2 Å². The van der Waals surface area contributed by atoms with Crippen LogP contribution in [0.25, 0.3) is 33.4 Å². The Kier molecular flexibility index (Phi) is 6.87. The average molecular weight is 549 g/mol. The number of hydrogen-bond acceptors (Lipinski definition) is 6. The molecule has 208 valence electrons. The number of fused-ring (bicyclic) bond motifs is 2. The summed E-state index contributed by atoms with van der Waals surface area (Å²) in [5.41, 5.74) is 3.24. The Labute approximate surface area is 231 Å². The molecule has 5 aliphatic rings. The minimum absolute atomic E-state index is 0.0407. The van der Waals surface area contributed by atoms with Crippen LogP contribution in [0.15, 0.2) is 52.9 Å². The average Bonchev–Trinajstić information content (AvgIpc) is 3.01. The summed E-state index contributed by atoms with van der Waals surface area (Å²) in [5.74, 6) is -0.601. The van der Waals surface area contributed by atoms with Gasteiger partial charge in [0.25, 0.3) is 0 Å². The minimum Gasteiger partial charge on any atom is -0.456 e. The van der Waals surface area contributed by atoms with E-state index < -0.39 is 11.6 Å². The molecule has 2 aromatic carbocycles. The van der Waals surface area contributed by atoms with Gasteiger partial charge in [0.05, 0.1) is 38.1 Å². The first-order valence-corrected chi connectivity index (χ1v) is 14.0. The third-order valence-corrected chi connectivity index (χ3v) is 8.09. The van der Waals surface area contributed by atoms with Crippen LogP contribution in [-0.4, -0.2) is 78.9 Å². The van der Waals surface area contributed by atoms with Crippen LogP contribution in [0.4, 0.5) is 20.2 Å². The zero-order valence-corrected chi connectivity index (χ0v) is 22.3. The van der Waals surface area contributed by atoms with Gasteiger partial charge in [0, 0.05) is 66.2 Å². The lowest BCUT2D eigenvalue weighted by atomic mass is 9.92. The Hall–Kier alpha value is -3.53. The van der Waals surface area contributed by atoms with E-state index in [-0.39, 0.29) is 5.56 Å². The highest BCUT2D eigenvalue weighted by Gasteiger charge is 2.26. The maximum Gasteiger partial charge on any atom is 0.203 e. The first-order valence-electron chi connectivity index (χ1n) is 14.0. The largest absolute Gasteiger partial charge is 0.456 e. The topological polar surface area (TPSA) is 50.3 Å². The van der Waals surface area contributed by atoms with Gasteiger partial charge in [-0.1, -0.05) is 0 Å². The van der Waals surface area contributed by atoms with Crippen LogP contribution in [0.5, 0.6) is 0 Å². The van der Waals surface area contributed by atoms with E-state index in [2.05, 4.69) is 9.48 Å². The number of anilines is 2. The van der Waals surface area contributed by atoms with Gasteiger partial charge in [-0.2, -0.15) is 0 Å². The zero-order valence-electron chi connectivity index (χ0n) is 22.3. The molecule has 0 unspecified atom stereocenters. The summed E-state index contributed by atoms with van der Waals surface area (Å²) in [5, 5.41) is 1.67. The Balaban J connectivity index is 1.43. The SMILES string of the molecule is Fc1cc(N2CCOCC2)cc(F)c1-c1c2ccc(=[N+]3CCOCC3)cc-2oc2cc(N3CCOCC3)ccc12. The van der Waals surface area contributed by atoms with Gasteiger partial charge in [-0.3, -0.25) is 0 Å². The Morgan fingerprint density at radius 1 is 0.625 bits per heavy atom. The summed E-state index contributed by atoms with van der Waals surface area (Å²) < 4.78 is 57.1. The molecule has 0 amide bonds. The predicted octanol–water partition coefficient (Wildman–Crippen LogP) is 3.96. The third-order valence-electron chi connectivity index (χ3n) is 8.09. The number of rotatable bonds is 3. The van der Waals surface area contributed by atoms with Crippen molar-refractivity contribution < 1.29 is 27.4 Å². The van der Waals surface area contributed by atoms with Gasteiger partial charge >= 0.3 is 0 Å². The van der Waals surface area contributed by atoms with E-state index in [9.17, 15) is 0 Å². The second-order valence-corrected chi connectivity index (χ2v) is 10.4. The predicted molar refractivity (Wildman–Crippen MR) is 150 cm³/mol. The van der Waals surface area contributed by atoms with Crippen LogP contribution >= 0.6 is 0 Å². The number of hydrogen-bond donors (Lipinski definition) is 0. The summed E-state index contributed by atoms with van der Waals surface area (Å²) in [6.45, 7) is 8.03. The highest BCUT2D eigenvalue weighted by molar-refractivity contribution is 6.03. The maximum atomic E-state index is 16.0. The van der Waals surface area contributed by atoms with E-state index in [4.69, 9.17) is 18.6 Å². The van der Waals surface area contributed by atoms with Crippen molar-refractivity contribution in [1.82, 2.24) is 4.58 Å². The number of benzene rings is 3. The van der Waals surface area contributed by atoms with Crippen molar-refractivity contribution in [2.45, 2.75) is 0 Å². The Morgan fingerprint density at radius 3 is 1.93 bits per heavy atom. The molecule has 0 aromatic heterocycles. The lowest BCUT2D eigenvalue weighted by Gasteiger charge is -2.29. The monoisotopic (exact) mass is 548 g/mol. The quantitative estimate of drug-likeness (QED) is 0.286. The van der Waals surface area contributed by atoms with Gasteiger partial charge in [-0.15, -0.1) is 0 Å². The summed E-state index contributed by atoms with van der Waals surface area (Å²) in [6, 6.07) is 14.7. The number of ether oxygens (including phenoxy) is 3. The van der Waals surface area contributed by atoms with E-state index in [0.29, 0.717) is 86.3 Å². The van der Waals surface area contributed by atoms with E-state index >= 15 is 8.78 Å². The molecule has 2 aromatic rings. The lowest BCUT2D eigenvalue weighted by Crippen LogP contribution is -2.39. The van der Waals surface area contributed by atoms with Crippen molar-refractivity contribution in [1.29, 1.82) is 0 Å². The molecule has 9 heteroatoms. The van der Waals surface area contributed by atoms with Crippen LogP contribution in [0.3, 0.4) is 0 Å². The standard InChI is InChI=1S/C31H32F2N3O4/c32-26-17-23(36-9-15-39-16-10-36)18-27(33)31(26)30-24-3-1-21(34-5-11-37-12-6-34)19-28(24)40-29-20-22(2-4-25(29)30)35-7-13-38-14-8-35/h1-4,17-20H,5-16H2/q+1. The first-order chi connectivity index (χ1) is 19.7. The molecule has 0 radical (unpaired) electrons. The fourth-order valence-electron chi connectivity index (χ4n) is 5.98. The molecule has 0 spiro atoms. The molecule has 0 bridgehead atoms.